The van der Waals surface area contributed by atoms with E-state index in [1.807, 2.05) is 19.9 Å². The molecule has 1 heterocycles. The van der Waals surface area contributed by atoms with E-state index in [0.717, 1.165) is 17.7 Å². The van der Waals surface area contributed by atoms with Crippen molar-refractivity contribution in [2.75, 3.05) is 0 Å². The number of rotatable bonds is 7. The molecule has 0 atom stereocenters. The summed E-state index contributed by atoms with van der Waals surface area (Å²) in [7, 11) is -3.40. The highest BCUT2D eigenvalue weighted by atomic mass is 32.2. The summed E-state index contributed by atoms with van der Waals surface area (Å²) < 4.78 is 28.1. The molecular formula is C14H24N2O2S2. The molecule has 1 aliphatic rings. The van der Waals surface area contributed by atoms with Gasteiger partial charge >= 0.3 is 0 Å². The van der Waals surface area contributed by atoms with E-state index in [4.69, 9.17) is 0 Å². The van der Waals surface area contributed by atoms with Crippen LogP contribution in [0.4, 0.5) is 0 Å². The van der Waals surface area contributed by atoms with Gasteiger partial charge < -0.3 is 5.32 Å². The van der Waals surface area contributed by atoms with E-state index in [1.165, 1.54) is 11.3 Å². The fourth-order valence-corrected chi connectivity index (χ4v) is 4.97. The molecule has 1 aliphatic carbocycles. The first kappa shape index (κ1) is 15.9. The highest BCUT2D eigenvalue weighted by molar-refractivity contribution is 7.91. The second kappa shape index (κ2) is 5.75. The molecule has 0 amide bonds. The van der Waals surface area contributed by atoms with Crippen molar-refractivity contribution in [3.05, 3.63) is 17.0 Å². The van der Waals surface area contributed by atoms with Gasteiger partial charge in [0, 0.05) is 23.0 Å². The predicted molar refractivity (Wildman–Crippen MR) is 83.4 cm³/mol. The van der Waals surface area contributed by atoms with Crippen molar-refractivity contribution in [2.24, 2.45) is 5.92 Å². The third-order valence-corrected chi connectivity index (χ3v) is 6.83. The summed E-state index contributed by atoms with van der Waals surface area (Å²) in [6.45, 7) is 8.80. The zero-order valence-corrected chi connectivity index (χ0v) is 14.2. The van der Waals surface area contributed by atoms with Crippen LogP contribution in [0.2, 0.25) is 0 Å². The maximum absolute atomic E-state index is 12.4. The van der Waals surface area contributed by atoms with Crippen LogP contribution < -0.4 is 10.0 Å². The maximum atomic E-state index is 12.4. The molecule has 1 aromatic rings. The van der Waals surface area contributed by atoms with Gasteiger partial charge in [-0.3, -0.25) is 0 Å². The van der Waals surface area contributed by atoms with E-state index in [9.17, 15) is 8.42 Å². The van der Waals surface area contributed by atoms with Gasteiger partial charge in [0.2, 0.25) is 0 Å². The van der Waals surface area contributed by atoms with Crippen LogP contribution in [0.15, 0.2) is 16.3 Å². The van der Waals surface area contributed by atoms with Crippen LogP contribution in [0.1, 0.15) is 45.4 Å². The molecule has 0 aliphatic heterocycles. The van der Waals surface area contributed by atoms with Crippen molar-refractivity contribution in [3.63, 3.8) is 0 Å². The quantitative estimate of drug-likeness (QED) is 0.813. The third-order valence-electron chi connectivity index (χ3n) is 3.58. The Morgan fingerprint density at radius 1 is 1.35 bits per heavy atom. The van der Waals surface area contributed by atoms with Crippen molar-refractivity contribution >= 4 is 21.4 Å². The minimum Gasteiger partial charge on any atom is -0.310 e. The first-order valence-electron chi connectivity index (χ1n) is 7.07. The van der Waals surface area contributed by atoms with E-state index in [-0.39, 0.29) is 5.54 Å². The molecule has 0 bridgehead atoms. The Morgan fingerprint density at radius 2 is 2.00 bits per heavy atom. The summed E-state index contributed by atoms with van der Waals surface area (Å²) in [6, 6.07) is 3.98. The molecule has 2 N–H and O–H groups in total. The second-order valence-electron chi connectivity index (χ2n) is 6.36. The summed E-state index contributed by atoms with van der Waals surface area (Å²) in [5.74, 6) is 0.472. The Hall–Kier alpha value is -0.430. The highest BCUT2D eigenvalue weighted by Crippen LogP contribution is 2.40. The Balaban J connectivity index is 2.06. The highest BCUT2D eigenvalue weighted by Gasteiger charge is 2.40. The molecular weight excluding hydrogens is 292 g/mol. The zero-order chi connectivity index (χ0) is 15.0. The molecule has 1 fully saturated rings. The van der Waals surface area contributed by atoms with Gasteiger partial charge in [-0.1, -0.05) is 13.8 Å². The first-order valence-corrected chi connectivity index (χ1v) is 9.37. The Labute approximate surface area is 126 Å². The van der Waals surface area contributed by atoms with Crippen molar-refractivity contribution < 1.29 is 8.42 Å². The molecule has 6 heteroatoms. The van der Waals surface area contributed by atoms with Crippen LogP contribution >= 0.6 is 11.3 Å². The molecule has 0 radical (unpaired) electrons. The lowest BCUT2D eigenvalue weighted by Gasteiger charge is -2.25. The standard InChI is InChI=1S/C14H24N2O2S2/c1-10(2)15-9-12-7-8-13(19-12)20(17,18)16-14(3,4)11-5-6-11/h7-8,10-11,15-16H,5-6,9H2,1-4H3. The van der Waals surface area contributed by atoms with Crippen molar-refractivity contribution in [3.8, 4) is 0 Å². The molecule has 0 aromatic carbocycles. The lowest BCUT2D eigenvalue weighted by molar-refractivity contribution is 0.401. The van der Waals surface area contributed by atoms with E-state index in [0.29, 0.717) is 22.7 Å². The number of nitrogens with one attached hydrogen (secondary N) is 2. The van der Waals surface area contributed by atoms with E-state index in [2.05, 4.69) is 23.9 Å². The van der Waals surface area contributed by atoms with Crippen LogP contribution in [0, 0.1) is 5.92 Å². The SMILES string of the molecule is CC(C)NCc1ccc(S(=O)(=O)NC(C)(C)C2CC2)s1. The minimum atomic E-state index is -3.40. The predicted octanol–water partition coefficient (Wildman–Crippen LogP) is 2.71. The van der Waals surface area contributed by atoms with Gasteiger partial charge in [-0.05, 0) is 44.7 Å². The van der Waals surface area contributed by atoms with Crippen molar-refractivity contribution in [1.82, 2.24) is 10.0 Å². The van der Waals surface area contributed by atoms with E-state index < -0.39 is 10.0 Å². The molecule has 1 saturated carbocycles. The van der Waals surface area contributed by atoms with Gasteiger partial charge in [-0.25, -0.2) is 13.1 Å². The van der Waals surface area contributed by atoms with Gasteiger partial charge in [0.25, 0.3) is 10.0 Å². The van der Waals surface area contributed by atoms with E-state index in [1.54, 1.807) is 6.07 Å². The lowest BCUT2D eigenvalue weighted by atomic mass is 10.0. The number of sulfonamides is 1. The van der Waals surface area contributed by atoms with Gasteiger partial charge in [-0.15, -0.1) is 11.3 Å². The Bertz CT molecular complexity index is 557. The average molecular weight is 316 g/mol. The molecule has 4 nitrogen and oxygen atoms in total. The second-order valence-corrected chi connectivity index (χ2v) is 9.44. The fourth-order valence-electron chi connectivity index (χ4n) is 2.19. The van der Waals surface area contributed by atoms with Gasteiger partial charge in [0.05, 0.1) is 0 Å². The average Bonchev–Trinajstić information content (AvgIpc) is 3.05. The number of hydrogen-bond donors (Lipinski definition) is 2. The number of thiophene rings is 1. The van der Waals surface area contributed by atoms with Crippen LogP contribution in [-0.4, -0.2) is 20.0 Å². The molecule has 2 rings (SSSR count). The molecule has 20 heavy (non-hydrogen) atoms. The lowest BCUT2D eigenvalue weighted by Crippen LogP contribution is -2.44. The monoisotopic (exact) mass is 316 g/mol. The smallest absolute Gasteiger partial charge is 0.250 e. The summed E-state index contributed by atoms with van der Waals surface area (Å²) >= 11 is 1.34. The Morgan fingerprint density at radius 3 is 2.55 bits per heavy atom. The molecule has 0 spiro atoms. The van der Waals surface area contributed by atoms with Crippen molar-refractivity contribution in [2.45, 2.75) is 62.9 Å². The van der Waals surface area contributed by atoms with Crippen LogP contribution in [0.5, 0.6) is 0 Å². The van der Waals surface area contributed by atoms with Crippen LogP contribution in [0.25, 0.3) is 0 Å². The van der Waals surface area contributed by atoms with Gasteiger partial charge in [-0.2, -0.15) is 0 Å². The summed E-state index contributed by atoms with van der Waals surface area (Å²) in [6.07, 6.45) is 2.23. The molecule has 1 aromatic heterocycles. The maximum Gasteiger partial charge on any atom is 0.250 e. The first-order chi connectivity index (χ1) is 9.21. The number of hydrogen-bond acceptors (Lipinski definition) is 4. The summed E-state index contributed by atoms with van der Waals surface area (Å²) in [5.41, 5.74) is -0.348. The molecule has 0 unspecified atom stereocenters. The zero-order valence-electron chi connectivity index (χ0n) is 12.6. The topological polar surface area (TPSA) is 58.2 Å². The van der Waals surface area contributed by atoms with Gasteiger partial charge in [0.15, 0.2) is 0 Å². The van der Waals surface area contributed by atoms with Crippen molar-refractivity contribution in [1.29, 1.82) is 0 Å². The molecule has 0 saturated heterocycles. The van der Waals surface area contributed by atoms with E-state index >= 15 is 0 Å². The Kier molecular flexibility index (Phi) is 4.59. The van der Waals surface area contributed by atoms with Crippen LogP contribution in [0.3, 0.4) is 0 Å². The third kappa shape index (κ3) is 4.04. The fraction of sp³-hybridized carbons (Fsp3) is 0.714. The van der Waals surface area contributed by atoms with Crippen LogP contribution in [-0.2, 0) is 16.6 Å². The normalized spacial score (nSPS) is 16.9. The summed E-state index contributed by atoms with van der Waals surface area (Å²) in [4.78, 5) is 1.04. The largest absolute Gasteiger partial charge is 0.310 e. The van der Waals surface area contributed by atoms with Gasteiger partial charge in [0.1, 0.15) is 4.21 Å². The molecule has 114 valence electrons. The minimum absolute atomic E-state index is 0.348. The summed E-state index contributed by atoms with van der Waals surface area (Å²) in [5, 5.41) is 3.30.